The molecular weight excluding hydrogens is 306 g/mol. The zero-order chi connectivity index (χ0) is 16.7. The van der Waals surface area contributed by atoms with E-state index in [4.69, 9.17) is 0 Å². The predicted octanol–water partition coefficient (Wildman–Crippen LogP) is 2.04. The highest BCUT2D eigenvalue weighted by atomic mass is 16.4. The maximum atomic E-state index is 11.2. The lowest BCUT2D eigenvalue weighted by Crippen LogP contribution is -2.30. The number of nitrogens with one attached hydrogen (secondary N) is 1. The second-order valence-electron chi connectivity index (χ2n) is 6.13. The molecular formula is C17H19N5O2. The van der Waals surface area contributed by atoms with Crippen LogP contribution >= 0.6 is 0 Å². The Kier molecular flexibility index (Phi) is 3.57. The molecule has 2 N–H and O–H groups in total. The number of carboxylic acid groups (broad SMARTS) is 1. The summed E-state index contributed by atoms with van der Waals surface area (Å²) in [5.41, 5.74) is 4.70. The molecule has 0 amide bonds. The molecule has 4 rings (SSSR count). The molecule has 0 bridgehead atoms. The number of benzene rings is 1. The summed E-state index contributed by atoms with van der Waals surface area (Å²) in [7, 11) is 0. The summed E-state index contributed by atoms with van der Waals surface area (Å²) < 4.78 is 0. The van der Waals surface area contributed by atoms with E-state index in [1.54, 1.807) is 16.9 Å². The zero-order valence-electron chi connectivity index (χ0n) is 13.5. The zero-order valence-corrected chi connectivity index (χ0v) is 13.5. The van der Waals surface area contributed by atoms with Gasteiger partial charge in [-0.2, -0.15) is 15.0 Å². The van der Waals surface area contributed by atoms with Crippen LogP contribution < -0.4 is 0 Å². The van der Waals surface area contributed by atoms with Crippen LogP contribution in [0.4, 0.5) is 0 Å². The third-order valence-corrected chi connectivity index (χ3v) is 4.55. The molecule has 0 saturated carbocycles. The molecule has 3 aromatic rings. The summed E-state index contributed by atoms with van der Waals surface area (Å²) >= 11 is 0. The van der Waals surface area contributed by atoms with Crippen molar-refractivity contribution in [3.8, 4) is 0 Å². The van der Waals surface area contributed by atoms with E-state index in [2.05, 4.69) is 20.1 Å². The number of aryl methyl sites for hydroxylation is 1. The summed E-state index contributed by atoms with van der Waals surface area (Å²) in [5, 5.41) is 18.9. The monoisotopic (exact) mass is 325 g/mol. The number of nitrogens with zero attached hydrogens (tertiary/aromatic N) is 4. The van der Waals surface area contributed by atoms with Gasteiger partial charge < -0.3 is 10.1 Å². The Morgan fingerprint density at radius 2 is 2.29 bits per heavy atom. The van der Waals surface area contributed by atoms with Gasteiger partial charge in [-0.3, -0.25) is 4.90 Å². The fourth-order valence-corrected chi connectivity index (χ4v) is 3.33. The van der Waals surface area contributed by atoms with Gasteiger partial charge in [0.1, 0.15) is 0 Å². The molecule has 1 aliphatic heterocycles. The fraction of sp³-hybridized carbons (Fsp3) is 0.353. The summed E-state index contributed by atoms with van der Waals surface area (Å²) in [5.74, 6) is -0.893. The smallest absolute Gasteiger partial charge is 0.335 e. The van der Waals surface area contributed by atoms with Crippen LogP contribution in [0.1, 0.15) is 34.2 Å². The second-order valence-corrected chi connectivity index (χ2v) is 6.13. The SMILES string of the molecule is CCn1ncc(CN2CCc3[nH]c4ccc(C(=O)O)cc4c3C2)n1. The average molecular weight is 325 g/mol. The first-order valence-corrected chi connectivity index (χ1v) is 8.12. The van der Waals surface area contributed by atoms with Crippen LogP contribution in [0.5, 0.6) is 0 Å². The van der Waals surface area contributed by atoms with E-state index in [-0.39, 0.29) is 0 Å². The van der Waals surface area contributed by atoms with Gasteiger partial charge in [0, 0.05) is 42.7 Å². The summed E-state index contributed by atoms with van der Waals surface area (Å²) in [4.78, 5) is 18.7. The number of aromatic nitrogens is 4. The fourth-order valence-electron chi connectivity index (χ4n) is 3.33. The van der Waals surface area contributed by atoms with Gasteiger partial charge in [-0.05, 0) is 30.7 Å². The minimum Gasteiger partial charge on any atom is -0.478 e. The highest BCUT2D eigenvalue weighted by Gasteiger charge is 2.22. The van der Waals surface area contributed by atoms with E-state index in [9.17, 15) is 9.90 Å². The Bertz CT molecular complexity index is 911. The van der Waals surface area contributed by atoms with Gasteiger partial charge in [0.05, 0.1) is 24.0 Å². The Balaban J connectivity index is 1.62. The first-order valence-electron chi connectivity index (χ1n) is 8.12. The molecule has 0 spiro atoms. The van der Waals surface area contributed by atoms with Crippen LogP contribution in [0, 0.1) is 0 Å². The van der Waals surface area contributed by atoms with Crippen molar-refractivity contribution in [3.05, 3.63) is 46.9 Å². The average Bonchev–Trinajstić information content (AvgIpc) is 3.18. The molecule has 0 saturated heterocycles. The third-order valence-electron chi connectivity index (χ3n) is 4.55. The minimum absolute atomic E-state index is 0.326. The molecule has 1 aromatic carbocycles. The largest absolute Gasteiger partial charge is 0.478 e. The molecule has 24 heavy (non-hydrogen) atoms. The van der Waals surface area contributed by atoms with Crippen LogP contribution in [0.15, 0.2) is 24.4 Å². The molecule has 0 fully saturated rings. The molecule has 0 unspecified atom stereocenters. The molecule has 0 radical (unpaired) electrons. The molecule has 7 nitrogen and oxygen atoms in total. The minimum atomic E-state index is -0.893. The van der Waals surface area contributed by atoms with Gasteiger partial charge in [0.15, 0.2) is 0 Å². The van der Waals surface area contributed by atoms with Crippen LogP contribution in [-0.4, -0.2) is 42.5 Å². The van der Waals surface area contributed by atoms with Crippen molar-refractivity contribution >= 4 is 16.9 Å². The molecule has 0 atom stereocenters. The second kappa shape index (κ2) is 5.76. The van der Waals surface area contributed by atoms with Crippen molar-refractivity contribution in [3.63, 3.8) is 0 Å². The van der Waals surface area contributed by atoms with Gasteiger partial charge in [-0.1, -0.05) is 0 Å². The predicted molar refractivity (Wildman–Crippen MR) is 88.8 cm³/mol. The highest BCUT2D eigenvalue weighted by molar-refractivity contribution is 5.95. The van der Waals surface area contributed by atoms with Crippen LogP contribution in [0.25, 0.3) is 10.9 Å². The van der Waals surface area contributed by atoms with Gasteiger partial charge >= 0.3 is 5.97 Å². The maximum absolute atomic E-state index is 11.2. The Hall–Kier alpha value is -2.67. The lowest BCUT2D eigenvalue weighted by atomic mass is 10.0. The summed E-state index contributed by atoms with van der Waals surface area (Å²) in [6.07, 6.45) is 2.74. The van der Waals surface area contributed by atoms with E-state index in [1.165, 1.54) is 11.3 Å². The number of rotatable bonds is 4. The van der Waals surface area contributed by atoms with Gasteiger partial charge in [0.2, 0.25) is 0 Å². The van der Waals surface area contributed by atoms with E-state index >= 15 is 0 Å². The van der Waals surface area contributed by atoms with Gasteiger partial charge in [0.25, 0.3) is 0 Å². The van der Waals surface area contributed by atoms with E-state index in [1.807, 2.05) is 19.2 Å². The van der Waals surface area contributed by atoms with Crippen molar-refractivity contribution in [2.45, 2.75) is 33.0 Å². The van der Waals surface area contributed by atoms with E-state index in [0.29, 0.717) is 5.56 Å². The quantitative estimate of drug-likeness (QED) is 0.766. The lowest BCUT2D eigenvalue weighted by molar-refractivity contribution is 0.0697. The van der Waals surface area contributed by atoms with E-state index in [0.717, 1.165) is 49.2 Å². The van der Waals surface area contributed by atoms with Crippen molar-refractivity contribution in [2.24, 2.45) is 0 Å². The topological polar surface area (TPSA) is 87.0 Å². The number of aromatic carboxylic acids is 1. The lowest BCUT2D eigenvalue weighted by Gasteiger charge is -2.26. The summed E-state index contributed by atoms with van der Waals surface area (Å²) in [6, 6.07) is 5.27. The first kappa shape index (κ1) is 14.9. The van der Waals surface area contributed by atoms with Crippen LogP contribution in [0.2, 0.25) is 0 Å². The Morgan fingerprint density at radius 1 is 1.42 bits per heavy atom. The van der Waals surface area contributed by atoms with Crippen molar-refractivity contribution in [1.82, 2.24) is 24.9 Å². The number of fused-ring (bicyclic) bond motifs is 3. The molecule has 7 heteroatoms. The van der Waals surface area contributed by atoms with Crippen molar-refractivity contribution in [2.75, 3.05) is 6.54 Å². The standard InChI is InChI=1S/C17H19N5O2/c1-2-22-18-8-12(20-22)9-21-6-5-16-14(10-21)13-7-11(17(23)24)3-4-15(13)19-16/h3-4,7-8,19H,2,5-6,9-10H2,1H3,(H,23,24). The number of hydrogen-bond donors (Lipinski definition) is 2. The highest BCUT2D eigenvalue weighted by Crippen LogP contribution is 2.29. The third kappa shape index (κ3) is 2.56. The number of hydrogen-bond acceptors (Lipinski definition) is 4. The normalized spacial score (nSPS) is 14.9. The number of H-pyrrole nitrogens is 1. The van der Waals surface area contributed by atoms with Crippen molar-refractivity contribution < 1.29 is 9.90 Å². The first-order chi connectivity index (χ1) is 11.6. The van der Waals surface area contributed by atoms with Gasteiger partial charge in [-0.25, -0.2) is 4.79 Å². The van der Waals surface area contributed by atoms with Crippen molar-refractivity contribution in [1.29, 1.82) is 0 Å². The Morgan fingerprint density at radius 3 is 3.04 bits per heavy atom. The van der Waals surface area contributed by atoms with Crippen LogP contribution in [0.3, 0.4) is 0 Å². The number of aromatic amines is 1. The van der Waals surface area contributed by atoms with Crippen LogP contribution in [-0.2, 0) is 26.1 Å². The molecule has 3 heterocycles. The number of carboxylic acids is 1. The summed E-state index contributed by atoms with van der Waals surface area (Å²) in [6.45, 7) is 5.28. The number of carbonyl (C=O) groups is 1. The molecule has 2 aromatic heterocycles. The molecule has 124 valence electrons. The molecule has 1 aliphatic rings. The van der Waals surface area contributed by atoms with E-state index < -0.39 is 5.97 Å². The van der Waals surface area contributed by atoms with Gasteiger partial charge in [-0.15, -0.1) is 0 Å². The molecule has 0 aliphatic carbocycles. The maximum Gasteiger partial charge on any atom is 0.335 e. The Labute approximate surface area is 138 Å².